The number of amides is 3. The van der Waals surface area contributed by atoms with Crippen molar-refractivity contribution in [2.75, 3.05) is 27.2 Å². The van der Waals surface area contributed by atoms with Gasteiger partial charge >= 0.3 is 0 Å². The fraction of sp³-hybridized carbons (Fsp3) is 0.640. The van der Waals surface area contributed by atoms with Gasteiger partial charge in [-0.2, -0.15) is 0 Å². The van der Waals surface area contributed by atoms with E-state index in [1.54, 1.807) is 14.0 Å². The maximum absolute atomic E-state index is 11.6. The normalized spacial score (nSPS) is 14.1. The summed E-state index contributed by atoms with van der Waals surface area (Å²) in [5, 5.41) is 5.46. The minimum absolute atomic E-state index is 0.139. The average Bonchev–Trinajstić information content (AvgIpc) is 3.34. The molecule has 6 N–H and O–H groups in total. The molecule has 1 saturated heterocycles. The SMILES string of the molecule is CC(C)(C)CC(=O)N1CCCC1.CCC(NC=O)c1ccccc1.CN.CNC(C)C(N)=O. The Kier molecular flexibility index (Phi) is 18.9. The summed E-state index contributed by atoms with van der Waals surface area (Å²) in [5.41, 5.74) is 10.6. The zero-order chi connectivity index (χ0) is 25.9. The van der Waals surface area contributed by atoms with E-state index >= 15 is 0 Å². The summed E-state index contributed by atoms with van der Waals surface area (Å²) < 4.78 is 0. The van der Waals surface area contributed by atoms with E-state index in [0.717, 1.165) is 31.5 Å². The van der Waals surface area contributed by atoms with Gasteiger partial charge in [0.25, 0.3) is 0 Å². The molecule has 1 aliphatic rings. The first-order chi connectivity index (χ1) is 15.6. The number of likely N-dealkylation sites (N-methyl/N-ethyl adjacent to an activating group) is 1. The van der Waals surface area contributed by atoms with Gasteiger partial charge in [-0.25, -0.2) is 0 Å². The predicted molar refractivity (Wildman–Crippen MR) is 136 cm³/mol. The molecule has 0 radical (unpaired) electrons. The predicted octanol–water partition coefficient (Wildman–Crippen LogP) is 2.58. The third-order valence-corrected chi connectivity index (χ3v) is 4.88. The molecule has 1 fully saturated rings. The van der Waals surface area contributed by atoms with Crippen molar-refractivity contribution in [1.82, 2.24) is 15.5 Å². The van der Waals surface area contributed by atoms with Gasteiger partial charge < -0.3 is 27.0 Å². The maximum atomic E-state index is 11.6. The van der Waals surface area contributed by atoms with Gasteiger partial charge in [0.2, 0.25) is 18.2 Å². The van der Waals surface area contributed by atoms with E-state index in [1.165, 1.54) is 19.9 Å². The van der Waals surface area contributed by atoms with Gasteiger partial charge in [0, 0.05) is 19.5 Å². The summed E-state index contributed by atoms with van der Waals surface area (Å²) in [4.78, 5) is 33.9. The highest BCUT2D eigenvalue weighted by atomic mass is 16.2. The standard InChI is InChI=1S/C10H19NO.C10H13NO.C4H10N2O.CH5N/c1-10(2,3)8-9(12)11-6-4-5-7-11;1-2-10(11-8-12)9-6-4-3-5-7-9;1-3(6-2)4(5)7;1-2/h4-8H2,1-3H3;3-8,10H,2H2,1H3,(H,11,12);3,6H,1-2H3,(H2,5,7);2H2,1H3. The average molecular weight is 466 g/mol. The number of rotatable bonds is 7. The minimum Gasteiger partial charge on any atom is -0.368 e. The Morgan fingerprint density at radius 2 is 1.64 bits per heavy atom. The maximum Gasteiger partial charge on any atom is 0.234 e. The molecule has 1 aromatic rings. The van der Waals surface area contributed by atoms with Crippen LogP contribution in [0.15, 0.2) is 30.3 Å². The number of hydrogen-bond acceptors (Lipinski definition) is 5. The molecule has 2 rings (SSSR count). The number of nitrogens with two attached hydrogens (primary N) is 2. The molecule has 3 amide bonds. The van der Waals surface area contributed by atoms with Crippen LogP contribution in [-0.4, -0.2) is 56.4 Å². The molecule has 1 aromatic carbocycles. The van der Waals surface area contributed by atoms with E-state index in [0.29, 0.717) is 12.3 Å². The number of nitrogens with zero attached hydrogens (tertiary/aromatic N) is 1. The Balaban J connectivity index is 0. The van der Waals surface area contributed by atoms with Crippen molar-refractivity contribution >= 4 is 18.2 Å². The molecule has 0 aliphatic carbocycles. The van der Waals surface area contributed by atoms with Gasteiger partial charge in [0.1, 0.15) is 0 Å². The first kappa shape index (κ1) is 32.7. The number of primary amides is 1. The lowest BCUT2D eigenvalue weighted by atomic mass is 9.92. The first-order valence-electron chi connectivity index (χ1n) is 11.6. The minimum atomic E-state index is -0.317. The van der Waals surface area contributed by atoms with Crippen molar-refractivity contribution < 1.29 is 14.4 Å². The largest absolute Gasteiger partial charge is 0.368 e. The quantitative estimate of drug-likeness (QED) is 0.460. The summed E-state index contributed by atoms with van der Waals surface area (Å²) in [6.45, 7) is 12.1. The number of hydrogen-bond donors (Lipinski definition) is 4. The van der Waals surface area contributed by atoms with E-state index in [4.69, 9.17) is 5.73 Å². The van der Waals surface area contributed by atoms with Crippen LogP contribution in [0.5, 0.6) is 0 Å². The molecular formula is C25H47N5O3. The highest BCUT2D eigenvalue weighted by Gasteiger charge is 2.22. The fourth-order valence-corrected chi connectivity index (χ4v) is 2.89. The molecule has 1 aliphatic heterocycles. The molecule has 8 nitrogen and oxygen atoms in total. The van der Waals surface area contributed by atoms with Gasteiger partial charge in [-0.1, -0.05) is 58.0 Å². The molecule has 2 unspecified atom stereocenters. The number of benzene rings is 1. The summed E-state index contributed by atoms with van der Waals surface area (Å²) in [7, 11) is 3.19. The molecule has 33 heavy (non-hydrogen) atoms. The molecule has 2 atom stereocenters. The third-order valence-electron chi connectivity index (χ3n) is 4.88. The summed E-state index contributed by atoms with van der Waals surface area (Å²) in [5.74, 6) is 0.0162. The molecule has 0 aromatic heterocycles. The summed E-state index contributed by atoms with van der Waals surface area (Å²) >= 11 is 0. The molecule has 0 saturated carbocycles. The van der Waals surface area contributed by atoms with Crippen molar-refractivity contribution in [3.63, 3.8) is 0 Å². The van der Waals surface area contributed by atoms with Crippen molar-refractivity contribution in [1.29, 1.82) is 0 Å². The van der Waals surface area contributed by atoms with Crippen LogP contribution in [0, 0.1) is 5.41 Å². The lowest BCUT2D eigenvalue weighted by Gasteiger charge is -2.22. The van der Waals surface area contributed by atoms with Crippen LogP contribution < -0.4 is 22.1 Å². The first-order valence-corrected chi connectivity index (χ1v) is 11.6. The van der Waals surface area contributed by atoms with Gasteiger partial charge in [0.05, 0.1) is 12.1 Å². The van der Waals surface area contributed by atoms with Gasteiger partial charge in [-0.05, 0) is 51.3 Å². The van der Waals surface area contributed by atoms with Gasteiger partial charge in [-0.15, -0.1) is 0 Å². The van der Waals surface area contributed by atoms with Crippen molar-refractivity contribution in [3.8, 4) is 0 Å². The van der Waals surface area contributed by atoms with Crippen LogP contribution in [0.25, 0.3) is 0 Å². The zero-order valence-corrected chi connectivity index (χ0v) is 21.7. The van der Waals surface area contributed by atoms with Crippen LogP contribution in [-0.2, 0) is 14.4 Å². The second-order valence-electron chi connectivity index (χ2n) is 8.89. The Hall–Kier alpha value is -2.45. The number of likely N-dealkylation sites (tertiary alicyclic amines) is 1. The lowest BCUT2D eigenvalue weighted by Crippen LogP contribution is -2.36. The Morgan fingerprint density at radius 3 is 1.97 bits per heavy atom. The van der Waals surface area contributed by atoms with Crippen LogP contribution in [0.3, 0.4) is 0 Å². The van der Waals surface area contributed by atoms with Crippen LogP contribution in [0.1, 0.15) is 71.9 Å². The van der Waals surface area contributed by atoms with E-state index in [2.05, 4.69) is 37.1 Å². The molecule has 0 bridgehead atoms. The summed E-state index contributed by atoms with van der Waals surface area (Å²) in [6, 6.07) is 9.91. The highest BCUT2D eigenvalue weighted by molar-refractivity contribution is 5.79. The van der Waals surface area contributed by atoms with E-state index in [-0.39, 0.29) is 23.4 Å². The summed E-state index contributed by atoms with van der Waals surface area (Å²) in [6.07, 6.45) is 4.74. The molecule has 190 valence electrons. The molecule has 1 heterocycles. The number of nitrogens with one attached hydrogen (secondary N) is 2. The monoisotopic (exact) mass is 465 g/mol. The zero-order valence-electron chi connectivity index (χ0n) is 21.7. The van der Waals surface area contributed by atoms with Crippen LogP contribution >= 0.6 is 0 Å². The topological polar surface area (TPSA) is 131 Å². The molecule has 0 spiro atoms. The second-order valence-corrected chi connectivity index (χ2v) is 8.89. The lowest BCUT2D eigenvalue weighted by molar-refractivity contribution is -0.132. The van der Waals surface area contributed by atoms with Crippen LogP contribution in [0.4, 0.5) is 0 Å². The van der Waals surface area contributed by atoms with Gasteiger partial charge in [-0.3, -0.25) is 14.4 Å². The van der Waals surface area contributed by atoms with E-state index in [1.807, 2.05) is 42.2 Å². The fourth-order valence-electron chi connectivity index (χ4n) is 2.89. The van der Waals surface area contributed by atoms with E-state index in [9.17, 15) is 14.4 Å². The molecule has 8 heteroatoms. The Morgan fingerprint density at radius 1 is 1.12 bits per heavy atom. The van der Waals surface area contributed by atoms with Crippen molar-refractivity contribution in [2.45, 2.75) is 72.4 Å². The molecular weight excluding hydrogens is 418 g/mol. The third kappa shape index (κ3) is 16.8. The van der Waals surface area contributed by atoms with E-state index < -0.39 is 0 Å². The van der Waals surface area contributed by atoms with Crippen molar-refractivity contribution in [2.24, 2.45) is 16.9 Å². The number of carbonyl (C=O) groups excluding carboxylic acids is 3. The smallest absolute Gasteiger partial charge is 0.234 e. The Bertz CT molecular complexity index is 641. The van der Waals surface area contributed by atoms with Crippen LogP contribution in [0.2, 0.25) is 0 Å². The Labute approximate surface area is 200 Å². The number of carbonyl (C=O) groups is 3. The second kappa shape index (κ2) is 19.1. The van der Waals surface area contributed by atoms with Gasteiger partial charge in [0.15, 0.2) is 0 Å². The van der Waals surface area contributed by atoms with Crippen molar-refractivity contribution in [3.05, 3.63) is 35.9 Å². The highest BCUT2D eigenvalue weighted by Crippen LogP contribution is 2.21.